The number of esters is 1. The molecule has 0 spiro atoms. The molecule has 2 rings (SSSR count). The summed E-state index contributed by atoms with van der Waals surface area (Å²) in [7, 11) is 1.35. The van der Waals surface area contributed by atoms with E-state index in [0.717, 1.165) is 31.6 Å². The molecule has 0 radical (unpaired) electrons. The van der Waals surface area contributed by atoms with Gasteiger partial charge < -0.3 is 9.47 Å². The van der Waals surface area contributed by atoms with Crippen LogP contribution < -0.4 is 0 Å². The molecule has 17 heavy (non-hydrogen) atoms. The molecule has 0 aromatic carbocycles. The van der Waals surface area contributed by atoms with Gasteiger partial charge in [0.2, 0.25) is 0 Å². The van der Waals surface area contributed by atoms with Crippen molar-refractivity contribution in [3.8, 4) is 0 Å². The predicted octanol–water partition coefficient (Wildman–Crippen LogP) is 1.77. The van der Waals surface area contributed by atoms with Gasteiger partial charge in [0.25, 0.3) is 0 Å². The summed E-state index contributed by atoms with van der Waals surface area (Å²) >= 11 is 0. The Bertz CT molecular complexity index is 406. The van der Waals surface area contributed by atoms with Crippen LogP contribution in [-0.2, 0) is 14.3 Å². The van der Waals surface area contributed by atoms with Gasteiger partial charge in [-0.15, -0.1) is 0 Å². The first-order valence-electron chi connectivity index (χ1n) is 5.72. The standard InChI is InChI=1S/C12H16N2O3/c1-16-12(15)6-5-10-7-8-14(13-10)11-4-2-3-9-17-11/h5-8,11H,2-4,9H2,1H3/b6-5+. The molecular weight excluding hydrogens is 220 g/mol. The number of methoxy groups -OCH3 is 1. The van der Waals surface area contributed by atoms with Gasteiger partial charge in [-0.05, 0) is 31.4 Å². The topological polar surface area (TPSA) is 53.4 Å². The summed E-state index contributed by atoms with van der Waals surface area (Å²) in [4.78, 5) is 10.9. The highest BCUT2D eigenvalue weighted by Gasteiger charge is 2.15. The van der Waals surface area contributed by atoms with E-state index in [1.807, 2.05) is 12.3 Å². The molecule has 1 saturated heterocycles. The van der Waals surface area contributed by atoms with Crippen molar-refractivity contribution in [1.82, 2.24) is 9.78 Å². The van der Waals surface area contributed by atoms with E-state index in [-0.39, 0.29) is 12.2 Å². The Morgan fingerprint density at radius 2 is 2.53 bits per heavy atom. The maximum absolute atomic E-state index is 10.9. The molecule has 0 saturated carbocycles. The van der Waals surface area contributed by atoms with Crippen LogP contribution in [0.5, 0.6) is 0 Å². The van der Waals surface area contributed by atoms with Gasteiger partial charge in [0.1, 0.15) is 6.23 Å². The maximum Gasteiger partial charge on any atom is 0.330 e. The molecule has 0 aliphatic carbocycles. The summed E-state index contributed by atoms with van der Waals surface area (Å²) in [5.74, 6) is -0.381. The zero-order valence-electron chi connectivity index (χ0n) is 9.83. The highest BCUT2D eigenvalue weighted by Crippen LogP contribution is 2.21. The van der Waals surface area contributed by atoms with E-state index in [9.17, 15) is 4.79 Å². The first-order chi connectivity index (χ1) is 8.29. The monoisotopic (exact) mass is 236 g/mol. The van der Waals surface area contributed by atoms with Crippen molar-refractivity contribution in [3.63, 3.8) is 0 Å². The quantitative estimate of drug-likeness (QED) is 0.593. The number of carbonyl (C=O) groups excluding carboxylic acids is 1. The third-order valence-electron chi connectivity index (χ3n) is 2.67. The van der Waals surface area contributed by atoms with Crippen molar-refractivity contribution < 1.29 is 14.3 Å². The first kappa shape index (κ1) is 11.9. The first-order valence-corrected chi connectivity index (χ1v) is 5.72. The molecule has 1 aromatic heterocycles. The van der Waals surface area contributed by atoms with Crippen LogP contribution in [0.15, 0.2) is 18.3 Å². The fourth-order valence-electron chi connectivity index (χ4n) is 1.76. The van der Waals surface area contributed by atoms with Crippen molar-refractivity contribution in [3.05, 3.63) is 24.0 Å². The third kappa shape index (κ3) is 3.17. The number of nitrogens with zero attached hydrogens (tertiary/aromatic N) is 2. The minimum Gasteiger partial charge on any atom is -0.466 e. The fraction of sp³-hybridized carbons (Fsp3) is 0.500. The van der Waals surface area contributed by atoms with E-state index in [4.69, 9.17) is 4.74 Å². The molecule has 1 aliphatic rings. The van der Waals surface area contributed by atoms with Gasteiger partial charge >= 0.3 is 5.97 Å². The summed E-state index contributed by atoms with van der Waals surface area (Å²) in [5.41, 5.74) is 0.726. The lowest BCUT2D eigenvalue weighted by Gasteiger charge is -2.22. The zero-order valence-corrected chi connectivity index (χ0v) is 9.83. The van der Waals surface area contributed by atoms with Crippen LogP contribution in [0, 0.1) is 0 Å². The summed E-state index contributed by atoms with van der Waals surface area (Å²) in [5, 5.41) is 4.34. The second kappa shape index (κ2) is 5.63. The van der Waals surface area contributed by atoms with Gasteiger partial charge in [0.15, 0.2) is 0 Å². The van der Waals surface area contributed by atoms with E-state index < -0.39 is 0 Å². The lowest BCUT2D eigenvalue weighted by atomic mass is 10.2. The lowest BCUT2D eigenvalue weighted by Crippen LogP contribution is -2.18. The molecule has 1 atom stereocenters. The molecule has 1 fully saturated rings. The highest BCUT2D eigenvalue weighted by molar-refractivity contribution is 5.86. The van der Waals surface area contributed by atoms with Crippen LogP contribution in [-0.4, -0.2) is 29.5 Å². The number of hydrogen-bond donors (Lipinski definition) is 0. The number of aromatic nitrogens is 2. The van der Waals surface area contributed by atoms with Gasteiger partial charge in [-0.2, -0.15) is 5.10 Å². The maximum atomic E-state index is 10.9. The van der Waals surface area contributed by atoms with Gasteiger partial charge in [-0.25, -0.2) is 9.48 Å². The van der Waals surface area contributed by atoms with Crippen LogP contribution in [0.3, 0.4) is 0 Å². The molecule has 92 valence electrons. The Morgan fingerprint density at radius 3 is 3.24 bits per heavy atom. The van der Waals surface area contributed by atoms with E-state index in [0.29, 0.717) is 0 Å². The Balaban J connectivity index is 2.00. The average Bonchev–Trinajstić information content (AvgIpc) is 2.86. The van der Waals surface area contributed by atoms with Crippen LogP contribution in [0.1, 0.15) is 31.2 Å². The van der Waals surface area contributed by atoms with Crippen molar-refractivity contribution in [2.75, 3.05) is 13.7 Å². The molecule has 0 N–H and O–H groups in total. The Labute approximate surface area is 100 Å². The second-order valence-electron chi connectivity index (χ2n) is 3.90. The zero-order chi connectivity index (χ0) is 12.1. The molecule has 0 bridgehead atoms. The van der Waals surface area contributed by atoms with Crippen molar-refractivity contribution >= 4 is 12.0 Å². The van der Waals surface area contributed by atoms with E-state index in [1.165, 1.54) is 13.2 Å². The molecule has 1 aliphatic heterocycles. The minimum atomic E-state index is -0.381. The van der Waals surface area contributed by atoms with Crippen LogP contribution >= 0.6 is 0 Å². The van der Waals surface area contributed by atoms with Gasteiger partial charge in [-0.3, -0.25) is 0 Å². The highest BCUT2D eigenvalue weighted by atomic mass is 16.5. The molecule has 5 nitrogen and oxygen atoms in total. The number of ether oxygens (including phenoxy) is 2. The Morgan fingerprint density at radius 1 is 1.65 bits per heavy atom. The number of hydrogen-bond acceptors (Lipinski definition) is 4. The van der Waals surface area contributed by atoms with E-state index in [1.54, 1.807) is 10.8 Å². The van der Waals surface area contributed by atoms with Crippen LogP contribution in [0.25, 0.3) is 6.08 Å². The normalized spacial score (nSPS) is 20.6. The van der Waals surface area contributed by atoms with Crippen molar-refractivity contribution in [1.29, 1.82) is 0 Å². The van der Waals surface area contributed by atoms with E-state index >= 15 is 0 Å². The average molecular weight is 236 g/mol. The summed E-state index contributed by atoms with van der Waals surface area (Å²) in [6, 6.07) is 1.84. The van der Waals surface area contributed by atoms with Gasteiger partial charge in [0.05, 0.1) is 12.8 Å². The molecule has 0 amide bonds. The van der Waals surface area contributed by atoms with Gasteiger partial charge in [-0.1, -0.05) is 0 Å². The van der Waals surface area contributed by atoms with Crippen LogP contribution in [0.2, 0.25) is 0 Å². The molecule has 2 heterocycles. The largest absolute Gasteiger partial charge is 0.466 e. The Kier molecular flexibility index (Phi) is 3.93. The SMILES string of the molecule is COC(=O)/C=C/c1ccn(C2CCCCO2)n1. The van der Waals surface area contributed by atoms with Crippen LogP contribution in [0.4, 0.5) is 0 Å². The number of carbonyl (C=O) groups is 1. The summed E-state index contributed by atoms with van der Waals surface area (Å²) in [6.45, 7) is 0.790. The number of rotatable bonds is 3. The van der Waals surface area contributed by atoms with E-state index in [2.05, 4.69) is 9.84 Å². The Hall–Kier alpha value is -1.62. The molecular formula is C12H16N2O3. The van der Waals surface area contributed by atoms with Gasteiger partial charge in [0, 0.05) is 18.9 Å². The summed E-state index contributed by atoms with van der Waals surface area (Å²) < 4.78 is 11.9. The molecule has 1 unspecified atom stereocenters. The fourth-order valence-corrected chi connectivity index (χ4v) is 1.76. The molecule has 1 aromatic rings. The third-order valence-corrected chi connectivity index (χ3v) is 2.67. The minimum absolute atomic E-state index is 0.0315. The predicted molar refractivity (Wildman–Crippen MR) is 62.1 cm³/mol. The second-order valence-corrected chi connectivity index (χ2v) is 3.90. The lowest BCUT2D eigenvalue weighted by molar-refractivity contribution is -0.134. The smallest absolute Gasteiger partial charge is 0.330 e. The summed E-state index contributed by atoms with van der Waals surface area (Å²) in [6.07, 6.45) is 8.16. The van der Waals surface area contributed by atoms with Crippen molar-refractivity contribution in [2.24, 2.45) is 0 Å². The molecule has 5 heteroatoms. The van der Waals surface area contributed by atoms with Crippen molar-refractivity contribution in [2.45, 2.75) is 25.5 Å².